The molecule has 0 amide bonds. The molecule has 2 N–H and O–H groups in total. The molecule has 0 aliphatic rings. The molecular formula is C12H11ClN2O3S. The van der Waals surface area contributed by atoms with Crippen LogP contribution in [0.25, 0.3) is 0 Å². The van der Waals surface area contributed by atoms with E-state index in [2.05, 4.69) is 16.6 Å². The summed E-state index contributed by atoms with van der Waals surface area (Å²) in [5, 5.41) is 16.4. The molecule has 0 bridgehead atoms. The van der Waals surface area contributed by atoms with Gasteiger partial charge in [-0.2, -0.15) is 5.26 Å². The Kier molecular flexibility index (Phi) is 5.20. The molecule has 1 aromatic carbocycles. The van der Waals surface area contributed by atoms with Gasteiger partial charge in [-0.25, -0.2) is 8.42 Å². The van der Waals surface area contributed by atoms with Crippen molar-refractivity contribution in [3.63, 3.8) is 0 Å². The Labute approximate surface area is 116 Å². The maximum Gasteiger partial charge on any atom is 0.248 e. The van der Waals surface area contributed by atoms with Crippen molar-refractivity contribution in [1.82, 2.24) is 0 Å². The van der Waals surface area contributed by atoms with E-state index in [1.807, 2.05) is 0 Å². The number of nitrogens with zero attached hydrogens (tertiary/aromatic N) is 1. The lowest BCUT2D eigenvalue weighted by molar-refractivity contribution is 0.350. The summed E-state index contributed by atoms with van der Waals surface area (Å²) in [5.41, 5.74) is 0.544. The molecule has 0 aliphatic carbocycles. The number of aliphatic hydroxyl groups is 1. The Bertz CT molecular complexity index is 668. The van der Waals surface area contributed by atoms with E-state index in [1.54, 1.807) is 12.1 Å². The van der Waals surface area contributed by atoms with Gasteiger partial charge in [0.15, 0.2) is 5.25 Å². The van der Waals surface area contributed by atoms with Gasteiger partial charge in [0.1, 0.15) is 6.61 Å². The number of benzene rings is 1. The monoisotopic (exact) mass is 298 g/mol. The molecule has 0 radical (unpaired) electrons. The Morgan fingerprint density at radius 3 is 2.79 bits per heavy atom. The largest absolute Gasteiger partial charge is 0.384 e. The van der Waals surface area contributed by atoms with Crippen LogP contribution in [0.3, 0.4) is 0 Å². The van der Waals surface area contributed by atoms with E-state index < -0.39 is 15.3 Å². The summed E-state index contributed by atoms with van der Waals surface area (Å²) >= 11 is 5.80. The zero-order valence-electron chi connectivity index (χ0n) is 10.0. The average molecular weight is 299 g/mol. The minimum Gasteiger partial charge on any atom is -0.384 e. The van der Waals surface area contributed by atoms with Crippen molar-refractivity contribution in [2.24, 2.45) is 0 Å². The van der Waals surface area contributed by atoms with Crippen molar-refractivity contribution >= 4 is 27.3 Å². The van der Waals surface area contributed by atoms with Crippen LogP contribution in [-0.4, -0.2) is 25.4 Å². The van der Waals surface area contributed by atoms with Crippen LogP contribution in [0, 0.1) is 23.2 Å². The number of hydrogen-bond donors (Lipinski definition) is 2. The molecule has 0 aromatic heterocycles. The number of hydrogen-bond acceptors (Lipinski definition) is 4. The van der Waals surface area contributed by atoms with Crippen LogP contribution >= 0.6 is 11.6 Å². The molecule has 0 saturated heterocycles. The van der Waals surface area contributed by atoms with E-state index in [-0.39, 0.29) is 12.3 Å². The van der Waals surface area contributed by atoms with Gasteiger partial charge >= 0.3 is 0 Å². The van der Waals surface area contributed by atoms with Gasteiger partial charge < -0.3 is 5.11 Å². The van der Waals surface area contributed by atoms with E-state index in [0.29, 0.717) is 10.6 Å². The summed E-state index contributed by atoms with van der Waals surface area (Å²) in [5.74, 6) is 5.02. The molecule has 0 fully saturated rings. The van der Waals surface area contributed by atoms with Gasteiger partial charge in [-0.3, -0.25) is 4.72 Å². The second kappa shape index (κ2) is 6.44. The van der Waals surface area contributed by atoms with Gasteiger partial charge in [0, 0.05) is 10.6 Å². The normalized spacial score (nSPS) is 11.9. The van der Waals surface area contributed by atoms with Crippen molar-refractivity contribution in [2.75, 3.05) is 11.3 Å². The number of anilines is 1. The first-order valence-electron chi connectivity index (χ1n) is 5.21. The average Bonchev–Trinajstić information content (AvgIpc) is 2.36. The predicted octanol–water partition coefficient (Wildman–Crippen LogP) is 1.34. The third-order valence-corrected chi connectivity index (χ3v) is 3.96. The van der Waals surface area contributed by atoms with Crippen molar-refractivity contribution in [2.45, 2.75) is 12.2 Å². The summed E-state index contributed by atoms with van der Waals surface area (Å²) in [6.45, 7) is 0.926. The Morgan fingerprint density at radius 2 is 2.21 bits per heavy atom. The number of rotatable bonds is 3. The topological polar surface area (TPSA) is 90.2 Å². The zero-order chi connectivity index (χ0) is 14.5. The van der Waals surface area contributed by atoms with Gasteiger partial charge in [-0.1, -0.05) is 23.4 Å². The maximum atomic E-state index is 11.8. The van der Waals surface area contributed by atoms with Crippen LogP contribution in [0.2, 0.25) is 5.02 Å². The van der Waals surface area contributed by atoms with Gasteiger partial charge in [0.05, 0.1) is 11.8 Å². The smallest absolute Gasteiger partial charge is 0.248 e. The van der Waals surface area contributed by atoms with Gasteiger partial charge in [0.25, 0.3) is 0 Å². The summed E-state index contributed by atoms with van der Waals surface area (Å²) in [6.07, 6.45) is 0. The molecule has 7 heteroatoms. The molecule has 1 aromatic rings. The van der Waals surface area contributed by atoms with Crippen LogP contribution in [0.15, 0.2) is 18.2 Å². The van der Waals surface area contributed by atoms with E-state index in [4.69, 9.17) is 22.0 Å². The van der Waals surface area contributed by atoms with E-state index in [1.165, 1.54) is 19.1 Å². The van der Waals surface area contributed by atoms with Crippen LogP contribution in [0.1, 0.15) is 12.5 Å². The van der Waals surface area contributed by atoms with Gasteiger partial charge in [-0.15, -0.1) is 0 Å². The SMILES string of the molecule is CC(C#N)S(=O)(=O)Nc1cc(Cl)ccc1C#CCO. The number of nitrogens with one attached hydrogen (secondary N) is 1. The molecular weight excluding hydrogens is 288 g/mol. The van der Waals surface area contributed by atoms with Crippen molar-refractivity contribution < 1.29 is 13.5 Å². The summed E-state index contributed by atoms with van der Waals surface area (Å²) in [4.78, 5) is 0. The van der Waals surface area contributed by atoms with Crippen LogP contribution in [-0.2, 0) is 10.0 Å². The summed E-state index contributed by atoms with van der Waals surface area (Å²) < 4.78 is 25.9. The van der Waals surface area contributed by atoms with Gasteiger partial charge in [-0.05, 0) is 25.1 Å². The zero-order valence-corrected chi connectivity index (χ0v) is 11.6. The molecule has 0 saturated carbocycles. The second-order valence-corrected chi connectivity index (χ2v) is 6.01. The highest BCUT2D eigenvalue weighted by Crippen LogP contribution is 2.22. The number of halogens is 1. The first kappa shape index (κ1) is 15.3. The second-order valence-electron chi connectivity index (χ2n) is 3.57. The minimum absolute atomic E-state index is 0.176. The fourth-order valence-electron chi connectivity index (χ4n) is 1.16. The van der Waals surface area contributed by atoms with Crippen LogP contribution in [0.5, 0.6) is 0 Å². The lowest BCUT2D eigenvalue weighted by Gasteiger charge is -2.11. The van der Waals surface area contributed by atoms with Crippen molar-refractivity contribution in [3.8, 4) is 17.9 Å². The highest BCUT2D eigenvalue weighted by atomic mass is 35.5. The molecule has 1 atom stereocenters. The molecule has 0 aliphatic heterocycles. The fourth-order valence-corrected chi connectivity index (χ4v) is 2.12. The first-order chi connectivity index (χ1) is 8.90. The standard InChI is InChI=1S/C12H11ClN2O3S/c1-9(8-14)19(17,18)15-12-7-11(13)5-4-10(12)3-2-6-16/h4-5,7,9,15-16H,6H2,1H3. The molecule has 1 rings (SSSR count). The molecule has 0 spiro atoms. The molecule has 0 heterocycles. The number of sulfonamides is 1. The van der Waals surface area contributed by atoms with E-state index in [0.717, 1.165) is 0 Å². The molecule has 5 nitrogen and oxygen atoms in total. The molecule has 100 valence electrons. The summed E-state index contributed by atoms with van der Waals surface area (Å²) in [6, 6.07) is 6.11. The minimum atomic E-state index is -3.83. The number of nitriles is 1. The fraction of sp³-hybridized carbons (Fsp3) is 0.250. The van der Waals surface area contributed by atoms with E-state index in [9.17, 15) is 8.42 Å². The molecule has 1 unspecified atom stereocenters. The van der Waals surface area contributed by atoms with E-state index >= 15 is 0 Å². The lowest BCUT2D eigenvalue weighted by Crippen LogP contribution is -2.24. The Balaban J connectivity index is 3.20. The predicted molar refractivity (Wildman–Crippen MR) is 73.0 cm³/mol. The third-order valence-electron chi connectivity index (χ3n) is 2.18. The van der Waals surface area contributed by atoms with Gasteiger partial charge in [0.2, 0.25) is 10.0 Å². The lowest BCUT2D eigenvalue weighted by atomic mass is 10.2. The van der Waals surface area contributed by atoms with Crippen LogP contribution in [0.4, 0.5) is 5.69 Å². The molecule has 19 heavy (non-hydrogen) atoms. The van der Waals surface area contributed by atoms with Crippen LogP contribution < -0.4 is 4.72 Å². The first-order valence-corrected chi connectivity index (χ1v) is 7.13. The Hall–Kier alpha value is -1.73. The third kappa shape index (κ3) is 4.15. The highest BCUT2D eigenvalue weighted by molar-refractivity contribution is 7.93. The Morgan fingerprint density at radius 1 is 1.53 bits per heavy atom. The van der Waals surface area contributed by atoms with Crippen molar-refractivity contribution in [3.05, 3.63) is 28.8 Å². The van der Waals surface area contributed by atoms with Crippen molar-refractivity contribution in [1.29, 1.82) is 5.26 Å². The maximum absolute atomic E-state index is 11.8. The quantitative estimate of drug-likeness (QED) is 0.824. The highest BCUT2D eigenvalue weighted by Gasteiger charge is 2.21. The number of aliphatic hydroxyl groups excluding tert-OH is 1. The summed E-state index contributed by atoms with van der Waals surface area (Å²) in [7, 11) is -3.83.